The van der Waals surface area contributed by atoms with E-state index < -0.39 is 0 Å². The van der Waals surface area contributed by atoms with Gasteiger partial charge in [-0.15, -0.1) is 0 Å². The Hall–Kier alpha value is -2.37. The second-order valence-electron chi connectivity index (χ2n) is 5.34. The molecule has 0 saturated heterocycles. The SMILES string of the molecule is CCCNC(=O)CN(CCC)C(=O)c1ccc(NC(C)=O)cc1. The van der Waals surface area contributed by atoms with Gasteiger partial charge >= 0.3 is 0 Å². The summed E-state index contributed by atoms with van der Waals surface area (Å²) in [6.45, 7) is 6.55. The van der Waals surface area contributed by atoms with E-state index in [1.54, 1.807) is 29.2 Å². The highest BCUT2D eigenvalue weighted by Crippen LogP contribution is 2.12. The highest BCUT2D eigenvalue weighted by Gasteiger charge is 2.18. The van der Waals surface area contributed by atoms with E-state index in [4.69, 9.17) is 0 Å². The molecule has 0 unspecified atom stereocenters. The molecule has 0 aliphatic rings. The Morgan fingerprint density at radius 2 is 1.70 bits per heavy atom. The van der Waals surface area contributed by atoms with E-state index in [-0.39, 0.29) is 24.3 Å². The van der Waals surface area contributed by atoms with E-state index in [2.05, 4.69) is 10.6 Å². The summed E-state index contributed by atoms with van der Waals surface area (Å²) in [5, 5.41) is 5.43. The summed E-state index contributed by atoms with van der Waals surface area (Å²) in [4.78, 5) is 36.9. The maximum atomic E-state index is 12.5. The van der Waals surface area contributed by atoms with E-state index in [0.29, 0.717) is 24.3 Å². The van der Waals surface area contributed by atoms with Gasteiger partial charge in [0.15, 0.2) is 0 Å². The van der Waals surface area contributed by atoms with Crippen molar-refractivity contribution in [3.05, 3.63) is 29.8 Å². The minimum Gasteiger partial charge on any atom is -0.355 e. The fourth-order valence-electron chi connectivity index (χ4n) is 2.10. The third kappa shape index (κ3) is 6.50. The van der Waals surface area contributed by atoms with Crippen molar-refractivity contribution < 1.29 is 14.4 Å². The largest absolute Gasteiger partial charge is 0.355 e. The number of nitrogens with zero attached hydrogens (tertiary/aromatic N) is 1. The fourth-order valence-corrected chi connectivity index (χ4v) is 2.10. The smallest absolute Gasteiger partial charge is 0.254 e. The van der Waals surface area contributed by atoms with E-state index in [1.165, 1.54) is 6.92 Å². The van der Waals surface area contributed by atoms with Crippen LogP contribution in [-0.4, -0.2) is 42.3 Å². The zero-order chi connectivity index (χ0) is 17.2. The maximum absolute atomic E-state index is 12.5. The Balaban J connectivity index is 2.76. The maximum Gasteiger partial charge on any atom is 0.254 e. The Morgan fingerprint density at radius 1 is 1.04 bits per heavy atom. The molecule has 2 N–H and O–H groups in total. The quantitative estimate of drug-likeness (QED) is 0.769. The van der Waals surface area contributed by atoms with Crippen molar-refractivity contribution >= 4 is 23.4 Å². The number of anilines is 1. The number of nitrogens with one attached hydrogen (secondary N) is 2. The summed E-state index contributed by atoms with van der Waals surface area (Å²) in [7, 11) is 0. The first-order chi connectivity index (χ1) is 11.0. The fraction of sp³-hybridized carbons (Fsp3) is 0.471. The van der Waals surface area contributed by atoms with Gasteiger partial charge in [0.05, 0.1) is 6.54 Å². The molecule has 6 heteroatoms. The molecule has 0 spiro atoms. The normalized spacial score (nSPS) is 10.0. The molecule has 1 aromatic carbocycles. The molecular weight excluding hydrogens is 294 g/mol. The molecule has 0 saturated carbocycles. The minimum absolute atomic E-state index is 0.0557. The van der Waals surface area contributed by atoms with Gasteiger partial charge in [0.1, 0.15) is 0 Å². The van der Waals surface area contributed by atoms with E-state index >= 15 is 0 Å². The molecule has 1 aromatic rings. The van der Waals surface area contributed by atoms with Crippen molar-refractivity contribution in [2.24, 2.45) is 0 Å². The van der Waals surface area contributed by atoms with Crippen molar-refractivity contribution in [3.63, 3.8) is 0 Å². The molecule has 0 aliphatic carbocycles. The summed E-state index contributed by atoms with van der Waals surface area (Å²) in [5.41, 5.74) is 1.13. The van der Waals surface area contributed by atoms with Gasteiger partial charge in [0, 0.05) is 31.3 Å². The predicted molar refractivity (Wildman–Crippen MR) is 90.2 cm³/mol. The van der Waals surface area contributed by atoms with Gasteiger partial charge in [-0.25, -0.2) is 0 Å². The van der Waals surface area contributed by atoms with Crippen LogP contribution in [0.4, 0.5) is 5.69 Å². The van der Waals surface area contributed by atoms with Crippen molar-refractivity contribution in [3.8, 4) is 0 Å². The molecule has 126 valence electrons. The minimum atomic E-state index is -0.187. The van der Waals surface area contributed by atoms with E-state index in [1.807, 2.05) is 13.8 Å². The van der Waals surface area contributed by atoms with Crippen LogP contribution in [0.25, 0.3) is 0 Å². The topological polar surface area (TPSA) is 78.5 Å². The predicted octanol–water partition coefficient (Wildman–Crippen LogP) is 2.02. The van der Waals surface area contributed by atoms with Crippen LogP contribution in [0, 0.1) is 0 Å². The average Bonchev–Trinajstić information content (AvgIpc) is 2.52. The number of benzene rings is 1. The molecule has 0 fully saturated rings. The zero-order valence-corrected chi connectivity index (χ0v) is 14.0. The molecule has 0 heterocycles. The molecule has 1 rings (SSSR count). The van der Waals surface area contributed by atoms with E-state index in [0.717, 1.165) is 12.8 Å². The van der Waals surface area contributed by atoms with Gasteiger partial charge in [0.25, 0.3) is 5.91 Å². The van der Waals surface area contributed by atoms with Gasteiger partial charge in [0.2, 0.25) is 11.8 Å². The summed E-state index contributed by atoms with van der Waals surface area (Å²) in [6, 6.07) is 6.66. The molecule has 3 amide bonds. The molecule has 0 aromatic heterocycles. The van der Waals surface area contributed by atoms with Gasteiger partial charge in [-0.05, 0) is 37.1 Å². The number of carbonyl (C=O) groups is 3. The van der Waals surface area contributed by atoms with Crippen molar-refractivity contribution in [1.82, 2.24) is 10.2 Å². The lowest BCUT2D eigenvalue weighted by Gasteiger charge is -2.21. The van der Waals surface area contributed by atoms with Crippen molar-refractivity contribution in [2.45, 2.75) is 33.6 Å². The third-order valence-electron chi connectivity index (χ3n) is 3.14. The standard InChI is InChI=1S/C17H25N3O3/c1-4-10-18-16(22)12-20(11-5-2)17(23)14-6-8-15(9-7-14)19-13(3)21/h6-9H,4-5,10-12H2,1-3H3,(H,18,22)(H,19,21). The number of hydrogen-bond donors (Lipinski definition) is 2. The summed E-state index contributed by atoms with van der Waals surface area (Å²) >= 11 is 0. The van der Waals surface area contributed by atoms with Crippen LogP contribution < -0.4 is 10.6 Å². The van der Waals surface area contributed by atoms with Crippen LogP contribution in [0.1, 0.15) is 44.0 Å². The van der Waals surface area contributed by atoms with Gasteiger partial charge in [-0.3, -0.25) is 14.4 Å². The first kappa shape index (κ1) is 18.7. The first-order valence-electron chi connectivity index (χ1n) is 7.91. The monoisotopic (exact) mass is 319 g/mol. The number of rotatable bonds is 8. The lowest BCUT2D eigenvalue weighted by Crippen LogP contribution is -2.41. The van der Waals surface area contributed by atoms with Gasteiger partial charge in [-0.2, -0.15) is 0 Å². The summed E-state index contributed by atoms with van der Waals surface area (Å²) in [5.74, 6) is -0.499. The van der Waals surface area contributed by atoms with Crippen LogP contribution >= 0.6 is 0 Å². The van der Waals surface area contributed by atoms with Crippen molar-refractivity contribution in [2.75, 3.05) is 25.0 Å². The average molecular weight is 319 g/mol. The molecular formula is C17H25N3O3. The van der Waals surface area contributed by atoms with Crippen LogP contribution in [0.3, 0.4) is 0 Å². The molecule has 23 heavy (non-hydrogen) atoms. The zero-order valence-electron chi connectivity index (χ0n) is 14.0. The van der Waals surface area contributed by atoms with Gasteiger partial charge < -0.3 is 15.5 Å². The first-order valence-corrected chi connectivity index (χ1v) is 7.91. The number of amides is 3. The van der Waals surface area contributed by atoms with Gasteiger partial charge in [-0.1, -0.05) is 13.8 Å². The lowest BCUT2D eigenvalue weighted by molar-refractivity contribution is -0.121. The third-order valence-corrected chi connectivity index (χ3v) is 3.14. The van der Waals surface area contributed by atoms with Crippen molar-refractivity contribution in [1.29, 1.82) is 0 Å². The molecule has 0 atom stereocenters. The second kappa shape index (κ2) is 9.61. The molecule has 0 bridgehead atoms. The van der Waals surface area contributed by atoms with Crippen LogP contribution in [-0.2, 0) is 9.59 Å². The summed E-state index contributed by atoms with van der Waals surface area (Å²) in [6.07, 6.45) is 1.63. The Morgan fingerprint density at radius 3 is 2.22 bits per heavy atom. The number of hydrogen-bond acceptors (Lipinski definition) is 3. The Kier molecular flexibility index (Phi) is 7.80. The van der Waals surface area contributed by atoms with Crippen LogP contribution in [0.2, 0.25) is 0 Å². The Labute approximate surface area is 137 Å². The highest BCUT2D eigenvalue weighted by atomic mass is 16.2. The second-order valence-corrected chi connectivity index (χ2v) is 5.34. The summed E-state index contributed by atoms with van der Waals surface area (Å²) < 4.78 is 0. The lowest BCUT2D eigenvalue weighted by atomic mass is 10.1. The van der Waals surface area contributed by atoms with Crippen LogP contribution in [0.15, 0.2) is 24.3 Å². The molecule has 0 aliphatic heterocycles. The van der Waals surface area contributed by atoms with Crippen LogP contribution in [0.5, 0.6) is 0 Å². The Bertz CT molecular complexity index is 541. The number of carbonyl (C=O) groups excluding carboxylic acids is 3. The highest BCUT2D eigenvalue weighted by molar-refractivity contribution is 5.97. The molecule has 0 radical (unpaired) electrons. The molecule has 6 nitrogen and oxygen atoms in total. The van der Waals surface area contributed by atoms with E-state index in [9.17, 15) is 14.4 Å².